The molecular weight excluding hydrogens is 627 g/mol. The molecule has 2 aromatic heterocycles. The standard InChI is InChI=1S/C46H35N3O2/c1-2-10-31(11-3-1)45-48-41-27-22-33(29-44(41)51-45)30-18-23-35(24-19-30)49(42-28-34-12-4-5-13-37(34)38-14-6-7-15-39(38)42)36-25-20-32(21-26-36)46-47-40-16-8-9-17-43(40)50-46/h1-3,5-11,13-28,33-34,37H,4,12,29H2. The molecule has 51 heavy (non-hydrogen) atoms. The molecule has 0 aliphatic heterocycles. The zero-order chi connectivity index (χ0) is 33.7. The van der Waals surface area contributed by atoms with Gasteiger partial charge in [0.05, 0.1) is 0 Å². The van der Waals surface area contributed by atoms with Gasteiger partial charge in [0, 0.05) is 52.0 Å². The van der Waals surface area contributed by atoms with Crippen LogP contribution in [0.3, 0.4) is 0 Å². The average Bonchev–Trinajstić information content (AvgIpc) is 3.84. The van der Waals surface area contributed by atoms with Crippen LogP contribution in [-0.4, -0.2) is 9.97 Å². The van der Waals surface area contributed by atoms with Crippen molar-refractivity contribution in [2.75, 3.05) is 4.90 Å². The molecule has 0 spiro atoms. The van der Waals surface area contributed by atoms with Gasteiger partial charge in [-0.25, -0.2) is 9.97 Å². The summed E-state index contributed by atoms with van der Waals surface area (Å²) in [5.74, 6) is 3.30. The smallest absolute Gasteiger partial charge is 0.227 e. The minimum atomic E-state index is 0.205. The van der Waals surface area contributed by atoms with Gasteiger partial charge in [-0.15, -0.1) is 0 Å². The average molecular weight is 662 g/mol. The predicted octanol–water partition coefficient (Wildman–Crippen LogP) is 11.7. The van der Waals surface area contributed by atoms with Crippen LogP contribution in [0.4, 0.5) is 11.4 Å². The van der Waals surface area contributed by atoms with Crippen LogP contribution in [0.1, 0.15) is 52.8 Å². The molecule has 3 unspecified atom stereocenters. The largest absolute Gasteiger partial charge is 0.440 e. The van der Waals surface area contributed by atoms with Crippen LogP contribution in [0.2, 0.25) is 0 Å². The highest BCUT2D eigenvalue weighted by Gasteiger charge is 2.32. The Kier molecular flexibility index (Phi) is 7.16. The van der Waals surface area contributed by atoms with E-state index < -0.39 is 0 Å². The van der Waals surface area contributed by atoms with E-state index in [-0.39, 0.29) is 5.92 Å². The minimum absolute atomic E-state index is 0.205. The van der Waals surface area contributed by atoms with Gasteiger partial charge in [-0.2, -0.15) is 0 Å². The van der Waals surface area contributed by atoms with Gasteiger partial charge in [0.1, 0.15) is 17.0 Å². The van der Waals surface area contributed by atoms with E-state index in [9.17, 15) is 0 Å². The van der Waals surface area contributed by atoms with Gasteiger partial charge in [-0.3, -0.25) is 0 Å². The van der Waals surface area contributed by atoms with Crippen LogP contribution in [0.25, 0.3) is 45.8 Å². The predicted molar refractivity (Wildman–Crippen MR) is 204 cm³/mol. The number of allylic oxidation sites excluding steroid dienone is 4. The lowest BCUT2D eigenvalue weighted by Gasteiger charge is -2.38. The highest BCUT2D eigenvalue weighted by atomic mass is 16.4. The van der Waals surface area contributed by atoms with Crippen molar-refractivity contribution in [1.29, 1.82) is 0 Å². The lowest BCUT2D eigenvalue weighted by Crippen LogP contribution is -2.25. The van der Waals surface area contributed by atoms with Gasteiger partial charge >= 0.3 is 0 Å². The maximum absolute atomic E-state index is 6.28. The number of fused-ring (bicyclic) bond motifs is 5. The van der Waals surface area contributed by atoms with Crippen LogP contribution in [-0.2, 0) is 6.42 Å². The number of benzene rings is 5. The number of oxazole rings is 2. The van der Waals surface area contributed by atoms with Gasteiger partial charge in [0.15, 0.2) is 5.58 Å². The fourth-order valence-corrected chi connectivity index (χ4v) is 7.98. The molecule has 3 aliphatic rings. The second-order valence-electron chi connectivity index (χ2n) is 13.7. The molecule has 246 valence electrons. The van der Waals surface area contributed by atoms with Crippen molar-refractivity contribution in [2.24, 2.45) is 5.92 Å². The number of anilines is 2. The van der Waals surface area contributed by atoms with Crippen molar-refractivity contribution < 1.29 is 8.83 Å². The molecule has 0 N–H and O–H groups in total. The Labute approximate surface area is 296 Å². The molecule has 0 saturated carbocycles. The normalized spacial score (nSPS) is 18.9. The van der Waals surface area contributed by atoms with Crippen molar-refractivity contribution in [3.8, 4) is 22.9 Å². The summed E-state index contributed by atoms with van der Waals surface area (Å²) < 4.78 is 12.4. The van der Waals surface area contributed by atoms with Crippen molar-refractivity contribution in [1.82, 2.24) is 9.97 Å². The molecule has 3 aliphatic carbocycles. The summed E-state index contributed by atoms with van der Waals surface area (Å²) in [6.07, 6.45) is 14.7. The summed E-state index contributed by atoms with van der Waals surface area (Å²) in [6.45, 7) is 0. The molecule has 5 nitrogen and oxygen atoms in total. The number of hydrogen-bond donors (Lipinski definition) is 0. The molecular formula is C46H35N3O2. The monoisotopic (exact) mass is 661 g/mol. The zero-order valence-electron chi connectivity index (χ0n) is 28.0. The third-order valence-electron chi connectivity index (χ3n) is 10.6. The van der Waals surface area contributed by atoms with Gasteiger partial charge in [0.2, 0.25) is 11.8 Å². The number of para-hydroxylation sites is 2. The molecule has 7 aromatic rings. The first-order valence-electron chi connectivity index (χ1n) is 17.8. The van der Waals surface area contributed by atoms with E-state index >= 15 is 0 Å². The van der Waals surface area contributed by atoms with E-state index in [1.54, 1.807) is 0 Å². The molecule has 3 atom stereocenters. The van der Waals surface area contributed by atoms with Crippen molar-refractivity contribution in [3.05, 3.63) is 180 Å². The Morgan fingerprint density at radius 3 is 2.22 bits per heavy atom. The molecule has 0 saturated heterocycles. The second-order valence-corrected chi connectivity index (χ2v) is 13.7. The third-order valence-corrected chi connectivity index (χ3v) is 10.6. The first-order chi connectivity index (χ1) is 25.2. The second kappa shape index (κ2) is 12.3. The summed E-state index contributed by atoms with van der Waals surface area (Å²) in [5.41, 5.74) is 11.9. The summed E-state index contributed by atoms with van der Waals surface area (Å²) in [7, 11) is 0. The van der Waals surface area contributed by atoms with Crippen molar-refractivity contribution in [2.45, 2.75) is 31.1 Å². The van der Waals surface area contributed by atoms with E-state index in [2.05, 4.69) is 108 Å². The van der Waals surface area contributed by atoms with E-state index in [4.69, 9.17) is 18.8 Å². The molecule has 0 bridgehead atoms. The Balaban J connectivity index is 1.01. The number of aromatic nitrogens is 2. The topological polar surface area (TPSA) is 55.3 Å². The van der Waals surface area contributed by atoms with Gasteiger partial charge in [0.25, 0.3) is 0 Å². The Morgan fingerprint density at radius 2 is 1.37 bits per heavy atom. The number of hydrogen-bond acceptors (Lipinski definition) is 5. The highest BCUT2D eigenvalue weighted by molar-refractivity contribution is 5.91. The lowest BCUT2D eigenvalue weighted by atomic mass is 9.73. The van der Waals surface area contributed by atoms with E-state index in [1.807, 2.05) is 54.6 Å². The molecule has 5 aromatic carbocycles. The third kappa shape index (κ3) is 5.33. The lowest BCUT2D eigenvalue weighted by molar-refractivity contribution is 0.506. The van der Waals surface area contributed by atoms with Crippen LogP contribution >= 0.6 is 0 Å². The fraction of sp³-hybridized carbons (Fsp3) is 0.130. The van der Waals surface area contributed by atoms with Crippen LogP contribution in [0, 0.1) is 5.92 Å². The molecule has 0 amide bonds. The van der Waals surface area contributed by atoms with E-state index in [0.717, 1.165) is 64.3 Å². The summed E-state index contributed by atoms with van der Waals surface area (Å²) >= 11 is 0. The zero-order valence-corrected chi connectivity index (χ0v) is 28.0. The SMILES string of the molecule is C1=CC2c3ccccc3C(N(c3ccc(-c4nc5ccccc5o4)cc3)c3ccc(C4C=Cc5nc(-c6ccccc6)oc5C4)cc3)=CC2CC1. The molecule has 0 radical (unpaired) electrons. The van der Waals surface area contributed by atoms with Gasteiger partial charge in [-0.05, 0) is 96.6 Å². The summed E-state index contributed by atoms with van der Waals surface area (Å²) in [4.78, 5) is 11.9. The van der Waals surface area contributed by atoms with Crippen molar-refractivity contribution in [3.63, 3.8) is 0 Å². The van der Waals surface area contributed by atoms with Crippen molar-refractivity contribution >= 4 is 34.2 Å². The minimum Gasteiger partial charge on any atom is -0.440 e. The fourth-order valence-electron chi connectivity index (χ4n) is 7.98. The highest BCUT2D eigenvalue weighted by Crippen LogP contribution is 2.47. The van der Waals surface area contributed by atoms with Crippen LogP contribution in [0.15, 0.2) is 161 Å². The summed E-state index contributed by atoms with van der Waals surface area (Å²) in [5, 5.41) is 0. The Morgan fingerprint density at radius 1 is 0.647 bits per heavy atom. The molecule has 5 heteroatoms. The molecule has 2 heterocycles. The van der Waals surface area contributed by atoms with Crippen LogP contribution in [0.5, 0.6) is 0 Å². The Hall–Kier alpha value is -6.20. The molecule has 10 rings (SSSR count). The number of rotatable bonds is 6. The maximum atomic E-state index is 6.28. The van der Waals surface area contributed by atoms with Gasteiger partial charge < -0.3 is 13.7 Å². The first kappa shape index (κ1) is 29.7. The maximum Gasteiger partial charge on any atom is 0.227 e. The molecule has 0 fully saturated rings. The number of nitrogens with zero attached hydrogens (tertiary/aromatic N) is 3. The van der Waals surface area contributed by atoms with E-state index in [1.165, 1.54) is 22.4 Å². The van der Waals surface area contributed by atoms with Gasteiger partial charge in [-0.1, -0.05) is 91.0 Å². The van der Waals surface area contributed by atoms with E-state index in [0.29, 0.717) is 23.6 Å². The quantitative estimate of drug-likeness (QED) is 0.166. The Bertz CT molecular complexity index is 2430. The summed E-state index contributed by atoms with van der Waals surface area (Å²) in [6, 6.07) is 44.6. The van der Waals surface area contributed by atoms with Crippen LogP contribution < -0.4 is 4.90 Å². The first-order valence-corrected chi connectivity index (χ1v) is 17.8.